The second-order valence-electron chi connectivity index (χ2n) is 5.34. The third-order valence-corrected chi connectivity index (χ3v) is 3.68. The van der Waals surface area contributed by atoms with Gasteiger partial charge in [0.25, 0.3) is 11.6 Å². The van der Waals surface area contributed by atoms with Gasteiger partial charge in [-0.15, -0.1) is 0 Å². The Labute approximate surface area is 145 Å². The summed E-state index contributed by atoms with van der Waals surface area (Å²) in [6.07, 6.45) is 0. The number of non-ortho nitro benzene ring substituents is 1. The van der Waals surface area contributed by atoms with Crippen molar-refractivity contribution in [1.29, 1.82) is 0 Å². The van der Waals surface area contributed by atoms with Gasteiger partial charge in [-0.25, -0.2) is 0 Å². The standard InChI is InChI=1S/C18H20N2O5/c1-4-25-16-10-7-14(11-17(16)24-3)12(2)19-18(21)13-5-8-15(9-6-13)20(22)23/h5-12H,4H2,1-3H3,(H,19,21). The first-order valence-corrected chi connectivity index (χ1v) is 7.82. The molecule has 25 heavy (non-hydrogen) atoms. The van der Waals surface area contributed by atoms with Crippen LogP contribution in [0.2, 0.25) is 0 Å². The van der Waals surface area contributed by atoms with Crippen molar-refractivity contribution < 1.29 is 19.2 Å². The Bertz CT molecular complexity index is 759. The van der Waals surface area contributed by atoms with Crippen LogP contribution in [0.4, 0.5) is 5.69 Å². The first-order chi connectivity index (χ1) is 12.0. The molecule has 1 unspecified atom stereocenters. The van der Waals surface area contributed by atoms with E-state index in [-0.39, 0.29) is 17.6 Å². The third-order valence-electron chi connectivity index (χ3n) is 3.68. The molecule has 0 saturated carbocycles. The number of rotatable bonds is 7. The number of carbonyl (C=O) groups excluding carboxylic acids is 1. The van der Waals surface area contributed by atoms with Crippen LogP contribution >= 0.6 is 0 Å². The van der Waals surface area contributed by atoms with Crippen LogP contribution in [0, 0.1) is 10.1 Å². The second kappa shape index (κ2) is 8.14. The first-order valence-electron chi connectivity index (χ1n) is 7.82. The highest BCUT2D eigenvalue weighted by Crippen LogP contribution is 2.30. The monoisotopic (exact) mass is 344 g/mol. The van der Waals surface area contributed by atoms with Crippen molar-refractivity contribution >= 4 is 11.6 Å². The van der Waals surface area contributed by atoms with Gasteiger partial charge in [0.05, 0.1) is 24.7 Å². The Morgan fingerprint density at radius 3 is 2.44 bits per heavy atom. The zero-order valence-corrected chi connectivity index (χ0v) is 14.3. The molecular weight excluding hydrogens is 324 g/mol. The highest BCUT2D eigenvalue weighted by atomic mass is 16.6. The van der Waals surface area contributed by atoms with Gasteiger partial charge in [0.15, 0.2) is 11.5 Å². The van der Waals surface area contributed by atoms with Crippen molar-refractivity contribution in [3.8, 4) is 11.5 Å². The molecule has 7 heteroatoms. The Hall–Kier alpha value is -3.09. The molecule has 0 radical (unpaired) electrons. The predicted octanol–water partition coefficient (Wildman–Crippen LogP) is 3.49. The second-order valence-corrected chi connectivity index (χ2v) is 5.34. The summed E-state index contributed by atoms with van der Waals surface area (Å²) in [6, 6.07) is 10.7. The van der Waals surface area contributed by atoms with Gasteiger partial charge in [-0.1, -0.05) is 6.07 Å². The zero-order valence-electron chi connectivity index (χ0n) is 14.3. The molecule has 0 bridgehead atoms. The van der Waals surface area contributed by atoms with E-state index in [1.54, 1.807) is 13.2 Å². The molecule has 132 valence electrons. The van der Waals surface area contributed by atoms with Gasteiger partial charge in [-0.3, -0.25) is 14.9 Å². The van der Waals surface area contributed by atoms with Crippen molar-refractivity contribution in [2.24, 2.45) is 0 Å². The van der Waals surface area contributed by atoms with Crippen molar-refractivity contribution in [1.82, 2.24) is 5.32 Å². The van der Waals surface area contributed by atoms with E-state index in [0.717, 1.165) is 5.56 Å². The maximum atomic E-state index is 12.3. The summed E-state index contributed by atoms with van der Waals surface area (Å²) in [5.41, 5.74) is 1.16. The van der Waals surface area contributed by atoms with Crippen LogP contribution in [-0.2, 0) is 0 Å². The summed E-state index contributed by atoms with van der Waals surface area (Å²) in [4.78, 5) is 22.5. The molecule has 1 N–H and O–H groups in total. The van der Waals surface area contributed by atoms with Crippen LogP contribution in [0.25, 0.3) is 0 Å². The van der Waals surface area contributed by atoms with Crippen LogP contribution in [0.1, 0.15) is 35.8 Å². The van der Waals surface area contributed by atoms with Gasteiger partial charge in [0.2, 0.25) is 0 Å². The predicted molar refractivity (Wildman–Crippen MR) is 93.1 cm³/mol. The fourth-order valence-electron chi connectivity index (χ4n) is 2.33. The number of nitro benzene ring substituents is 1. The minimum atomic E-state index is -0.503. The number of benzene rings is 2. The van der Waals surface area contributed by atoms with Gasteiger partial charge in [0.1, 0.15) is 0 Å². The van der Waals surface area contributed by atoms with E-state index in [4.69, 9.17) is 9.47 Å². The molecule has 0 aromatic heterocycles. The molecule has 1 atom stereocenters. The van der Waals surface area contributed by atoms with E-state index in [9.17, 15) is 14.9 Å². The summed E-state index contributed by atoms with van der Waals surface area (Å²) >= 11 is 0. The van der Waals surface area contributed by atoms with Gasteiger partial charge in [-0.2, -0.15) is 0 Å². The van der Waals surface area contributed by atoms with Crippen LogP contribution in [0.5, 0.6) is 11.5 Å². The zero-order chi connectivity index (χ0) is 18.4. The number of hydrogen-bond donors (Lipinski definition) is 1. The van der Waals surface area contributed by atoms with Gasteiger partial charge < -0.3 is 14.8 Å². The molecule has 0 saturated heterocycles. The van der Waals surface area contributed by atoms with Crippen molar-refractivity contribution in [2.75, 3.05) is 13.7 Å². The van der Waals surface area contributed by atoms with E-state index in [2.05, 4.69) is 5.32 Å². The van der Waals surface area contributed by atoms with Crippen LogP contribution in [0.3, 0.4) is 0 Å². The molecule has 2 aromatic carbocycles. The topological polar surface area (TPSA) is 90.7 Å². The van der Waals surface area contributed by atoms with Crippen LogP contribution in [-0.4, -0.2) is 24.5 Å². The van der Waals surface area contributed by atoms with E-state index in [1.807, 2.05) is 26.0 Å². The van der Waals surface area contributed by atoms with Crippen molar-refractivity contribution in [2.45, 2.75) is 19.9 Å². The lowest BCUT2D eigenvalue weighted by Gasteiger charge is -2.17. The Balaban J connectivity index is 2.11. The summed E-state index contributed by atoms with van der Waals surface area (Å²) in [5, 5.41) is 13.5. The van der Waals surface area contributed by atoms with E-state index in [0.29, 0.717) is 23.7 Å². The molecule has 0 fully saturated rings. The van der Waals surface area contributed by atoms with Crippen LogP contribution < -0.4 is 14.8 Å². The molecule has 1 amide bonds. The first kappa shape index (κ1) is 18.3. The van der Waals surface area contributed by atoms with E-state index < -0.39 is 4.92 Å². The Morgan fingerprint density at radius 1 is 1.20 bits per heavy atom. The lowest BCUT2D eigenvalue weighted by atomic mass is 10.1. The number of methoxy groups -OCH3 is 1. The number of nitro groups is 1. The summed E-state index contributed by atoms with van der Waals surface area (Å²) in [5.74, 6) is 0.925. The lowest BCUT2D eigenvalue weighted by Crippen LogP contribution is -2.26. The number of amides is 1. The van der Waals surface area contributed by atoms with Gasteiger partial charge >= 0.3 is 0 Å². The number of ether oxygens (including phenoxy) is 2. The number of hydrogen-bond acceptors (Lipinski definition) is 5. The molecule has 2 rings (SSSR count). The highest BCUT2D eigenvalue weighted by molar-refractivity contribution is 5.94. The summed E-state index contributed by atoms with van der Waals surface area (Å²) in [7, 11) is 1.56. The highest BCUT2D eigenvalue weighted by Gasteiger charge is 2.15. The molecule has 7 nitrogen and oxygen atoms in total. The Kier molecular flexibility index (Phi) is 5.94. The fraction of sp³-hybridized carbons (Fsp3) is 0.278. The summed E-state index contributed by atoms with van der Waals surface area (Å²) in [6.45, 7) is 4.26. The smallest absolute Gasteiger partial charge is 0.269 e. The number of carbonyl (C=O) groups is 1. The minimum Gasteiger partial charge on any atom is -0.493 e. The maximum absolute atomic E-state index is 12.3. The summed E-state index contributed by atoms with van der Waals surface area (Å²) < 4.78 is 10.8. The van der Waals surface area contributed by atoms with E-state index in [1.165, 1.54) is 24.3 Å². The molecule has 0 aliphatic carbocycles. The fourth-order valence-corrected chi connectivity index (χ4v) is 2.33. The number of nitrogens with zero attached hydrogens (tertiary/aromatic N) is 1. The van der Waals surface area contributed by atoms with Gasteiger partial charge in [-0.05, 0) is 43.7 Å². The maximum Gasteiger partial charge on any atom is 0.269 e. The quantitative estimate of drug-likeness (QED) is 0.613. The van der Waals surface area contributed by atoms with Crippen LogP contribution in [0.15, 0.2) is 42.5 Å². The molecule has 0 aliphatic heterocycles. The normalized spacial score (nSPS) is 11.5. The Morgan fingerprint density at radius 2 is 1.88 bits per heavy atom. The SMILES string of the molecule is CCOc1ccc(C(C)NC(=O)c2ccc([N+](=O)[O-])cc2)cc1OC. The molecular formula is C18H20N2O5. The van der Waals surface area contributed by atoms with Crippen molar-refractivity contribution in [3.05, 3.63) is 63.7 Å². The molecule has 0 heterocycles. The average molecular weight is 344 g/mol. The third kappa shape index (κ3) is 4.47. The van der Waals surface area contributed by atoms with Gasteiger partial charge in [0, 0.05) is 17.7 Å². The minimum absolute atomic E-state index is 0.0548. The van der Waals surface area contributed by atoms with Crippen molar-refractivity contribution in [3.63, 3.8) is 0 Å². The molecule has 0 aliphatic rings. The largest absolute Gasteiger partial charge is 0.493 e. The van der Waals surface area contributed by atoms with E-state index >= 15 is 0 Å². The number of nitrogens with one attached hydrogen (secondary N) is 1. The average Bonchev–Trinajstić information content (AvgIpc) is 2.62. The lowest BCUT2D eigenvalue weighted by molar-refractivity contribution is -0.384. The molecule has 2 aromatic rings. The molecule has 0 spiro atoms.